The maximum Gasteiger partial charge on any atom is 0.224 e. The van der Waals surface area contributed by atoms with Crippen molar-refractivity contribution in [2.45, 2.75) is 45.4 Å². The first kappa shape index (κ1) is 17.0. The highest BCUT2D eigenvalue weighted by Gasteiger charge is 2.34. The number of carbonyl (C=O) groups is 2. The van der Waals surface area contributed by atoms with Gasteiger partial charge in [0.15, 0.2) is 5.78 Å². The Bertz CT molecular complexity index is 655. The highest BCUT2D eigenvalue weighted by atomic mass is 16.5. The average Bonchev–Trinajstić information content (AvgIpc) is 2.59. The smallest absolute Gasteiger partial charge is 0.224 e. The molecule has 0 fully saturated rings. The lowest BCUT2D eigenvalue weighted by molar-refractivity contribution is -0.116. The quantitative estimate of drug-likeness (QED) is 0.787. The predicted molar refractivity (Wildman–Crippen MR) is 93.9 cm³/mol. The molecule has 0 saturated carbocycles. The van der Waals surface area contributed by atoms with E-state index in [4.69, 9.17) is 4.74 Å². The molecule has 1 heterocycles. The third kappa shape index (κ3) is 3.18. The van der Waals surface area contributed by atoms with Gasteiger partial charge in [0.1, 0.15) is 5.75 Å². The lowest BCUT2D eigenvalue weighted by atomic mass is 9.78. The molecular formula is C19H26N2O3. The molecule has 0 aromatic heterocycles. The van der Waals surface area contributed by atoms with Crippen LogP contribution in [0.15, 0.2) is 6.07 Å². The Balaban J connectivity index is 1.89. The number of hydrogen-bond acceptors (Lipinski definition) is 4. The number of amides is 1. The molecule has 2 aliphatic rings. The number of rotatable bonds is 6. The number of unbranched alkanes of at least 4 members (excludes halogenated alkanes) is 1. The summed E-state index contributed by atoms with van der Waals surface area (Å²) in [5.41, 5.74) is 3.56. The van der Waals surface area contributed by atoms with Crippen molar-refractivity contribution in [3.8, 4) is 5.75 Å². The molecule has 3 rings (SSSR count). The molecule has 1 unspecified atom stereocenters. The number of fused-ring (bicyclic) bond motifs is 3. The van der Waals surface area contributed by atoms with Crippen LogP contribution in [0, 0.1) is 5.92 Å². The largest absolute Gasteiger partial charge is 0.496 e. The summed E-state index contributed by atoms with van der Waals surface area (Å²) >= 11 is 0. The molecule has 0 spiro atoms. The Morgan fingerprint density at radius 2 is 2.08 bits per heavy atom. The second-order valence-electron chi connectivity index (χ2n) is 6.66. The van der Waals surface area contributed by atoms with Gasteiger partial charge in [-0.05, 0) is 37.8 Å². The molecule has 1 atom stereocenters. The molecule has 5 heteroatoms. The number of nitrogens with one attached hydrogen (secondary N) is 2. The summed E-state index contributed by atoms with van der Waals surface area (Å²) in [4.78, 5) is 24.8. The monoisotopic (exact) mass is 330 g/mol. The van der Waals surface area contributed by atoms with Crippen molar-refractivity contribution in [2.75, 3.05) is 25.5 Å². The predicted octanol–water partition coefficient (Wildman–Crippen LogP) is 2.71. The van der Waals surface area contributed by atoms with Crippen LogP contribution in [-0.4, -0.2) is 31.9 Å². The molecule has 1 aliphatic carbocycles. The van der Waals surface area contributed by atoms with E-state index >= 15 is 0 Å². The summed E-state index contributed by atoms with van der Waals surface area (Å²) in [6.07, 6.45) is 5.07. The Labute approximate surface area is 143 Å². The van der Waals surface area contributed by atoms with Crippen LogP contribution in [0.5, 0.6) is 5.75 Å². The number of benzene rings is 1. The Morgan fingerprint density at radius 3 is 2.83 bits per heavy atom. The fourth-order valence-corrected chi connectivity index (χ4v) is 3.72. The standard InChI is InChI=1S/C19H26N2O3/c1-3-4-9-20-11-12-5-6-14-16(24-2)10-15-13(18(14)19(12)23)7-8-17(22)21-15/h10,12,20H,3-9,11H2,1-2H3,(H,21,22). The zero-order valence-corrected chi connectivity index (χ0v) is 14.5. The van der Waals surface area contributed by atoms with E-state index in [1.54, 1.807) is 7.11 Å². The van der Waals surface area contributed by atoms with Gasteiger partial charge in [-0.3, -0.25) is 9.59 Å². The molecule has 2 N–H and O–H groups in total. The van der Waals surface area contributed by atoms with E-state index in [-0.39, 0.29) is 17.6 Å². The molecule has 1 amide bonds. The van der Waals surface area contributed by atoms with E-state index in [0.717, 1.165) is 66.9 Å². The van der Waals surface area contributed by atoms with Gasteiger partial charge in [0.25, 0.3) is 0 Å². The van der Waals surface area contributed by atoms with Gasteiger partial charge in [0, 0.05) is 41.8 Å². The minimum Gasteiger partial charge on any atom is -0.496 e. The number of carbonyl (C=O) groups excluding carboxylic acids is 2. The SMILES string of the molecule is CCCCNCC1CCc2c(OC)cc3c(c2C1=O)CCC(=O)N3. The summed E-state index contributed by atoms with van der Waals surface area (Å²) in [5.74, 6) is 0.942. The third-order valence-corrected chi connectivity index (χ3v) is 5.06. The highest BCUT2D eigenvalue weighted by Crippen LogP contribution is 2.40. The molecule has 0 saturated heterocycles. The van der Waals surface area contributed by atoms with E-state index in [2.05, 4.69) is 17.6 Å². The van der Waals surface area contributed by atoms with Crippen molar-refractivity contribution in [3.05, 3.63) is 22.8 Å². The lowest BCUT2D eigenvalue weighted by Crippen LogP contribution is -2.34. The van der Waals surface area contributed by atoms with Gasteiger partial charge >= 0.3 is 0 Å². The van der Waals surface area contributed by atoms with Crippen molar-refractivity contribution in [1.82, 2.24) is 5.32 Å². The normalized spacial score (nSPS) is 19.5. The van der Waals surface area contributed by atoms with E-state index in [0.29, 0.717) is 12.8 Å². The van der Waals surface area contributed by atoms with Gasteiger partial charge in [-0.15, -0.1) is 0 Å². The fourth-order valence-electron chi connectivity index (χ4n) is 3.72. The van der Waals surface area contributed by atoms with Crippen LogP contribution in [-0.2, 0) is 17.6 Å². The molecular weight excluding hydrogens is 304 g/mol. The number of methoxy groups -OCH3 is 1. The molecule has 0 bridgehead atoms. The van der Waals surface area contributed by atoms with Crippen LogP contribution in [0.3, 0.4) is 0 Å². The van der Waals surface area contributed by atoms with E-state index in [9.17, 15) is 9.59 Å². The van der Waals surface area contributed by atoms with Crippen molar-refractivity contribution < 1.29 is 14.3 Å². The number of hydrogen-bond donors (Lipinski definition) is 2. The summed E-state index contributed by atoms with van der Waals surface area (Å²) < 4.78 is 5.49. The molecule has 130 valence electrons. The number of anilines is 1. The lowest BCUT2D eigenvalue weighted by Gasteiger charge is -2.30. The Morgan fingerprint density at radius 1 is 1.25 bits per heavy atom. The second kappa shape index (κ2) is 7.34. The first-order valence-electron chi connectivity index (χ1n) is 8.93. The second-order valence-corrected chi connectivity index (χ2v) is 6.66. The number of Topliss-reactive ketones (excluding diaryl/α,β-unsaturated/α-hetero) is 1. The van der Waals surface area contributed by atoms with E-state index in [1.807, 2.05) is 6.07 Å². The molecule has 1 aromatic carbocycles. The van der Waals surface area contributed by atoms with Gasteiger partial charge in [-0.2, -0.15) is 0 Å². The minimum absolute atomic E-state index is 0.00513. The molecule has 1 aromatic rings. The van der Waals surface area contributed by atoms with Gasteiger partial charge in [0.05, 0.1) is 7.11 Å². The highest BCUT2D eigenvalue weighted by molar-refractivity contribution is 6.06. The first-order chi connectivity index (χ1) is 11.7. The van der Waals surface area contributed by atoms with Crippen molar-refractivity contribution in [2.24, 2.45) is 5.92 Å². The summed E-state index contributed by atoms with van der Waals surface area (Å²) in [6, 6.07) is 1.87. The van der Waals surface area contributed by atoms with Crippen molar-refractivity contribution in [3.63, 3.8) is 0 Å². The zero-order valence-electron chi connectivity index (χ0n) is 14.5. The molecule has 24 heavy (non-hydrogen) atoms. The third-order valence-electron chi connectivity index (χ3n) is 5.06. The van der Waals surface area contributed by atoms with Gasteiger partial charge in [-0.25, -0.2) is 0 Å². The Hall–Kier alpha value is -1.88. The number of ether oxygens (including phenoxy) is 1. The zero-order chi connectivity index (χ0) is 17.1. The van der Waals surface area contributed by atoms with Crippen LogP contribution < -0.4 is 15.4 Å². The summed E-state index contributed by atoms with van der Waals surface area (Å²) in [5, 5.41) is 6.30. The molecule has 1 aliphatic heterocycles. The van der Waals surface area contributed by atoms with Crippen LogP contribution in [0.25, 0.3) is 0 Å². The molecule has 5 nitrogen and oxygen atoms in total. The number of ketones is 1. The topological polar surface area (TPSA) is 67.4 Å². The van der Waals surface area contributed by atoms with E-state index < -0.39 is 0 Å². The van der Waals surface area contributed by atoms with Crippen LogP contribution >= 0.6 is 0 Å². The van der Waals surface area contributed by atoms with Gasteiger partial charge in [0.2, 0.25) is 5.91 Å². The molecule has 0 radical (unpaired) electrons. The maximum atomic E-state index is 13.1. The summed E-state index contributed by atoms with van der Waals surface area (Å²) in [7, 11) is 1.62. The Kier molecular flexibility index (Phi) is 5.19. The van der Waals surface area contributed by atoms with Gasteiger partial charge in [-0.1, -0.05) is 13.3 Å². The van der Waals surface area contributed by atoms with Crippen molar-refractivity contribution in [1.29, 1.82) is 0 Å². The fraction of sp³-hybridized carbons (Fsp3) is 0.579. The summed E-state index contributed by atoms with van der Waals surface area (Å²) in [6.45, 7) is 3.85. The van der Waals surface area contributed by atoms with E-state index in [1.165, 1.54) is 0 Å². The van der Waals surface area contributed by atoms with Crippen LogP contribution in [0.4, 0.5) is 5.69 Å². The van der Waals surface area contributed by atoms with Crippen molar-refractivity contribution >= 4 is 17.4 Å². The average molecular weight is 330 g/mol. The minimum atomic E-state index is 0.00513. The van der Waals surface area contributed by atoms with Gasteiger partial charge < -0.3 is 15.4 Å². The maximum absolute atomic E-state index is 13.1. The first-order valence-corrected chi connectivity index (χ1v) is 8.93. The van der Waals surface area contributed by atoms with Crippen LogP contribution in [0.1, 0.15) is 54.1 Å². The van der Waals surface area contributed by atoms with Crippen LogP contribution in [0.2, 0.25) is 0 Å².